The molecular formula is C20H28N4O5S2. The van der Waals surface area contributed by atoms with Gasteiger partial charge in [0.05, 0.1) is 6.04 Å². The Morgan fingerprint density at radius 2 is 1.55 bits per heavy atom. The fourth-order valence-electron chi connectivity index (χ4n) is 3.16. The monoisotopic (exact) mass is 468 g/mol. The Hall–Kier alpha value is -2.24. The number of carboxylic acid groups (broad SMARTS) is 1. The molecule has 170 valence electrons. The molecular weight excluding hydrogens is 440 g/mol. The van der Waals surface area contributed by atoms with E-state index in [-0.39, 0.29) is 29.9 Å². The van der Waals surface area contributed by atoms with Crippen LogP contribution in [0.15, 0.2) is 30.3 Å². The van der Waals surface area contributed by atoms with Gasteiger partial charge in [-0.25, -0.2) is 4.79 Å². The molecule has 31 heavy (non-hydrogen) atoms. The third-order valence-electron chi connectivity index (χ3n) is 4.91. The first kappa shape index (κ1) is 25.0. The Balaban J connectivity index is 1.95. The molecule has 5 N–H and O–H groups in total. The van der Waals surface area contributed by atoms with Gasteiger partial charge < -0.3 is 26.4 Å². The van der Waals surface area contributed by atoms with Crippen LogP contribution >= 0.6 is 25.3 Å². The third kappa shape index (κ3) is 7.75. The zero-order valence-corrected chi connectivity index (χ0v) is 18.7. The van der Waals surface area contributed by atoms with Gasteiger partial charge >= 0.3 is 5.97 Å². The lowest BCUT2D eigenvalue weighted by molar-refractivity contribution is -0.142. The Bertz CT molecular complexity index is 774. The standard InChI is InChI=1S/C20H28N4O5S2/c25-17(13-7-4-8-21-13)23-16(11-31)19(27)24-15(10-30)18(26)22-14(20(28)29)9-12-5-2-1-3-6-12/h1-3,5-6,13-16,21,30-31H,4,7-11H2,(H,22,26)(H,23,25)(H,24,27)(H,28,29). The van der Waals surface area contributed by atoms with Crippen molar-refractivity contribution in [2.45, 2.75) is 43.4 Å². The molecule has 4 atom stereocenters. The number of benzene rings is 1. The summed E-state index contributed by atoms with van der Waals surface area (Å²) >= 11 is 8.22. The summed E-state index contributed by atoms with van der Waals surface area (Å²) in [5.41, 5.74) is 0.750. The summed E-state index contributed by atoms with van der Waals surface area (Å²) in [5, 5.41) is 20.1. The summed E-state index contributed by atoms with van der Waals surface area (Å²) in [5.74, 6) is -2.76. The van der Waals surface area contributed by atoms with Crippen molar-refractivity contribution in [2.75, 3.05) is 18.1 Å². The zero-order chi connectivity index (χ0) is 22.8. The van der Waals surface area contributed by atoms with Crippen LogP contribution in [0.4, 0.5) is 0 Å². The minimum Gasteiger partial charge on any atom is -0.480 e. The van der Waals surface area contributed by atoms with Gasteiger partial charge in [-0.2, -0.15) is 25.3 Å². The van der Waals surface area contributed by atoms with Crippen LogP contribution in [-0.2, 0) is 25.6 Å². The quantitative estimate of drug-likeness (QED) is 0.216. The van der Waals surface area contributed by atoms with Gasteiger partial charge in [0.15, 0.2) is 0 Å². The number of carboxylic acids is 1. The van der Waals surface area contributed by atoms with Crippen LogP contribution in [0.3, 0.4) is 0 Å². The topological polar surface area (TPSA) is 137 Å². The molecule has 9 nitrogen and oxygen atoms in total. The number of carbonyl (C=O) groups is 4. The highest BCUT2D eigenvalue weighted by atomic mass is 32.1. The first-order valence-corrected chi connectivity index (χ1v) is 11.2. The first-order chi connectivity index (χ1) is 14.8. The number of hydrogen-bond donors (Lipinski definition) is 7. The second-order valence-electron chi connectivity index (χ2n) is 7.23. The van der Waals surface area contributed by atoms with Gasteiger partial charge in [0.2, 0.25) is 17.7 Å². The van der Waals surface area contributed by atoms with E-state index in [1.54, 1.807) is 24.3 Å². The summed E-state index contributed by atoms with van der Waals surface area (Å²) in [6.07, 6.45) is 1.66. The molecule has 0 aliphatic carbocycles. The summed E-state index contributed by atoms with van der Waals surface area (Å²) in [6.45, 7) is 0.742. The molecule has 1 fully saturated rings. The van der Waals surface area contributed by atoms with Gasteiger partial charge in [-0.05, 0) is 24.9 Å². The Kier molecular flexibility index (Phi) is 10.2. The van der Waals surface area contributed by atoms with Gasteiger partial charge in [0.25, 0.3) is 0 Å². The van der Waals surface area contributed by atoms with E-state index in [0.717, 1.165) is 18.5 Å². The molecule has 0 aromatic heterocycles. The molecule has 2 rings (SSSR count). The minimum absolute atomic E-state index is 0.0387. The van der Waals surface area contributed by atoms with Crippen molar-refractivity contribution >= 4 is 48.9 Å². The second-order valence-corrected chi connectivity index (χ2v) is 7.96. The normalized spacial score (nSPS) is 18.5. The van der Waals surface area contributed by atoms with E-state index < -0.39 is 35.9 Å². The van der Waals surface area contributed by atoms with Crippen molar-refractivity contribution in [1.29, 1.82) is 0 Å². The van der Waals surface area contributed by atoms with Crippen molar-refractivity contribution in [3.05, 3.63) is 35.9 Å². The molecule has 1 saturated heterocycles. The van der Waals surface area contributed by atoms with Crippen LogP contribution < -0.4 is 21.3 Å². The van der Waals surface area contributed by atoms with Crippen LogP contribution in [0, 0.1) is 0 Å². The van der Waals surface area contributed by atoms with Crippen LogP contribution in [0.2, 0.25) is 0 Å². The number of aliphatic carboxylic acids is 1. The lowest BCUT2D eigenvalue weighted by Gasteiger charge is -2.23. The van der Waals surface area contributed by atoms with E-state index in [4.69, 9.17) is 0 Å². The average Bonchev–Trinajstić information content (AvgIpc) is 3.30. The second kappa shape index (κ2) is 12.6. The fourth-order valence-corrected chi connectivity index (χ4v) is 3.68. The molecule has 1 aromatic rings. The maximum absolute atomic E-state index is 12.6. The smallest absolute Gasteiger partial charge is 0.326 e. The average molecular weight is 469 g/mol. The van der Waals surface area contributed by atoms with Crippen molar-refractivity contribution in [3.63, 3.8) is 0 Å². The molecule has 1 aliphatic rings. The third-order valence-corrected chi connectivity index (χ3v) is 5.64. The molecule has 0 radical (unpaired) electrons. The van der Waals surface area contributed by atoms with Crippen molar-refractivity contribution < 1.29 is 24.3 Å². The molecule has 1 heterocycles. The van der Waals surface area contributed by atoms with Gasteiger partial charge in [0, 0.05) is 17.9 Å². The van der Waals surface area contributed by atoms with Gasteiger partial charge in [-0.15, -0.1) is 0 Å². The number of hydrogen-bond acceptors (Lipinski definition) is 7. The van der Waals surface area contributed by atoms with Crippen LogP contribution in [0.5, 0.6) is 0 Å². The Morgan fingerprint density at radius 3 is 2.06 bits per heavy atom. The molecule has 1 aromatic carbocycles. The van der Waals surface area contributed by atoms with E-state index in [0.29, 0.717) is 6.42 Å². The molecule has 0 saturated carbocycles. The van der Waals surface area contributed by atoms with Gasteiger partial charge in [-0.1, -0.05) is 30.3 Å². The Labute approximate surface area is 191 Å². The lowest BCUT2D eigenvalue weighted by atomic mass is 10.1. The van der Waals surface area contributed by atoms with E-state index in [2.05, 4.69) is 46.5 Å². The van der Waals surface area contributed by atoms with Crippen LogP contribution in [0.25, 0.3) is 0 Å². The Morgan fingerprint density at radius 1 is 0.968 bits per heavy atom. The summed E-state index contributed by atoms with van der Waals surface area (Å²) in [7, 11) is 0. The van der Waals surface area contributed by atoms with Crippen LogP contribution in [-0.4, -0.2) is 71.0 Å². The van der Waals surface area contributed by atoms with Crippen LogP contribution in [0.1, 0.15) is 18.4 Å². The van der Waals surface area contributed by atoms with Crippen molar-refractivity contribution in [1.82, 2.24) is 21.3 Å². The minimum atomic E-state index is -1.19. The SMILES string of the molecule is O=C(O)C(Cc1ccccc1)NC(=O)C(CS)NC(=O)C(CS)NC(=O)C1CCCN1. The number of nitrogens with one attached hydrogen (secondary N) is 4. The summed E-state index contributed by atoms with van der Waals surface area (Å²) < 4.78 is 0. The maximum atomic E-state index is 12.6. The molecule has 0 bridgehead atoms. The molecule has 0 spiro atoms. The van der Waals surface area contributed by atoms with E-state index >= 15 is 0 Å². The molecule has 4 unspecified atom stereocenters. The van der Waals surface area contributed by atoms with E-state index in [9.17, 15) is 24.3 Å². The van der Waals surface area contributed by atoms with Crippen molar-refractivity contribution in [2.24, 2.45) is 0 Å². The molecule has 1 aliphatic heterocycles. The largest absolute Gasteiger partial charge is 0.480 e. The highest BCUT2D eigenvalue weighted by Crippen LogP contribution is 2.06. The fraction of sp³-hybridized carbons (Fsp3) is 0.500. The lowest BCUT2D eigenvalue weighted by Crippen LogP contribution is -2.58. The number of thiol groups is 2. The maximum Gasteiger partial charge on any atom is 0.326 e. The molecule has 3 amide bonds. The predicted octanol–water partition coefficient (Wildman–Crippen LogP) is -0.620. The van der Waals surface area contributed by atoms with E-state index in [1.165, 1.54) is 0 Å². The predicted molar refractivity (Wildman–Crippen MR) is 122 cm³/mol. The molecule has 11 heteroatoms. The van der Waals surface area contributed by atoms with Gasteiger partial charge in [-0.3, -0.25) is 14.4 Å². The van der Waals surface area contributed by atoms with E-state index in [1.807, 2.05) is 6.07 Å². The highest BCUT2D eigenvalue weighted by Gasteiger charge is 2.30. The zero-order valence-electron chi connectivity index (χ0n) is 16.9. The highest BCUT2D eigenvalue weighted by molar-refractivity contribution is 7.80. The number of rotatable bonds is 11. The summed E-state index contributed by atoms with van der Waals surface area (Å²) in [6, 6.07) is 5.36. The first-order valence-electron chi connectivity index (χ1n) is 9.98. The van der Waals surface area contributed by atoms with Crippen molar-refractivity contribution in [3.8, 4) is 0 Å². The number of carbonyl (C=O) groups excluding carboxylic acids is 3. The summed E-state index contributed by atoms with van der Waals surface area (Å²) in [4.78, 5) is 49.0. The number of amides is 3. The van der Waals surface area contributed by atoms with Gasteiger partial charge in [0.1, 0.15) is 18.1 Å².